The summed E-state index contributed by atoms with van der Waals surface area (Å²) in [6, 6.07) is 0. The SMILES string of the molecule is C[C@]12CC[C@H](O)C[C@H]1CC[C@@H]1[C@@H]2CC[C@]2(C)[C@@H](CCNOCCCCN)CC[C@]12O. The first kappa shape index (κ1) is 23.0. The van der Waals surface area contributed by atoms with Crippen molar-refractivity contribution in [1.29, 1.82) is 0 Å². The maximum Gasteiger partial charge on any atom is 0.0734 e. The number of fused-ring (bicyclic) bond motifs is 5. The van der Waals surface area contributed by atoms with Crippen molar-refractivity contribution in [1.82, 2.24) is 5.48 Å². The number of nitrogens with two attached hydrogens (primary N) is 1. The first-order chi connectivity index (χ1) is 14.3. The summed E-state index contributed by atoms with van der Waals surface area (Å²) in [7, 11) is 0. The van der Waals surface area contributed by atoms with E-state index in [2.05, 4.69) is 19.3 Å². The molecule has 174 valence electrons. The van der Waals surface area contributed by atoms with E-state index in [0.29, 0.717) is 29.1 Å². The summed E-state index contributed by atoms with van der Waals surface area (Å²) in [5, 5.41) is 22.4. The molecule has 8 atom stereocenters. The molecule has 0 aromatic rings. The fraction of sp³-hybridized carbons (Fsp3) is 1.00. The molecule has 5 heteroatoms. The predicted octanol–water partition coefficient (Wildman–Crippen LogP) is 3.77. The Labute approximate surface area is 183 Å². The highest BCUT2D eigenvalue weighted by molar-refractivity contribution is 5.16. The fourth-order valence-corrected chi connectivity index (χ4v) is 8.47. The van der Waals surface area contributed by atoms with Crippen molar-refractivity contribution < 1.29 is 15.1 Å². The highest BCUT2D eigenvalue weighted by Crippen LogP contribution is 2.69. The van der Waals surface area contributed by atoms with Crippen LogP contribution in [0.2, 0.25) is 0 Å². The van der Waals surface area contributed by atoms with Gasteiger partial charge in [0.05, 0.1) is 18.3 Å². The predicted molar refractivity (Wildman–Crippen MR) is 120 cm³/mol. The van der Waals surface area contributed by atoms with Gasteiger partial charge < -0.3 is 20.8 Å². The molecule has 0 heterocycles. The third-order valence-corrected chi connectivity index (χ3v) is 10.4. The Morgan fingerprint density at radius 3 is 2.63 bits per heavy atom. The molecule has 5 N–H and O–H groups in total. The summed E-state index contributed by atoms with van der Waals surface area (Å²) in [6.45, 7) is 7.20. The van der Waals surface area contributed by atoms with E-state index in [0.717, 1.165) is 83.9 Å². The number of unbranched alkanes of at least 4 members (excludes halogenated alkanes) is 1. The first-order valence-electron chi connectivity index (χ1n) is 12.8. The Morgan fingerprint density at radius 2 is 1.83 bits per heavy atom. The van der Waals surface area contributed by atoms with Crippen LogP contribution in [0.4, 0.5) is 0 Å². The molecule has 4 saturated carbocycles. The summed E-state index contributed by atoms with van der Waals surface area (Å²) in [5.74, 6) is 2.29. The van der Waals surface area contributed by atoms with Crippen molar-refractivity contribution in [3.8, 4) is 0 Å². The van der Waals surface area contributed by atoms with Crippen LogP contribution in [0, 0.1) is 34.5 Å². The number of aliphatic hydroxyl groups is 2. The standard InChI is InChI=1S/C25H46N2O3/c1-23-11-8-20(28)17-19(23)5-6-22-21(23)9-12-24(2)18(7-13-25(22,24)29)10-15-27-30-16-4-3-14-26/h18-22,27-29H,3-17,26H2,1-2H3/t18-,19-,20+,21+,22-,23+,24-,25+/m1/s1. The zero-order chi connectivity index (χ0) is 21.4. The topological polar surface area (TPSA) is 87.7 Å². The van der Waals surface area contributed by atoms with Gasteiger partial charge in [-0.15, -0.1) is 0 Å². The lowest BCUT2D eigenvalue weighted by atomic mass is 9.43. The number of aliphatic hydroxyl groups excluding tert-OH is 1. The maximum atomic E-state index is 12.2. The molecule has 0 aromatic carbocycles. The minimum absolute atomic E-state index is 0.0345. The van der Waals surface area contributed by atoms with Crippen LogP contribution >= 0.6 is 0 Å². The van der Waals surface area contributed by atoms with E-state index in [4.69, 9.17) is 10.6 Å². The highest BCUT2D eigenvalue weighted by Gasteiger charge is 2.66. The largest absolute Gasteiger partial charge is 0.393 e. The third kappa shape index (κ3) is 3.77. The molecule has 0 radical (unpaired) electrons. The molecule has 0 aliphatic heterocycles. The van der Waals surface area contributed by atoms with Crippen LogP contribution in [0.5, 0.6) is 0 Å². The van der Waals surface area contributed by atoms with Gasteiger partial charge in [0, 0.05) is 6.54 Å². The van der Waals surface area contributed by atoms with Gasteiger partial charge in [0.15, 0.2) is 0 Å². The van der Waals surface area contributed by atoms with Gasteiger partial charge in [-0.1, -0.05) is 13.8 Å². The van der Waals surface area contributed by atoms with E-state index >= 15 is 0 Å². The van der Waals surface area contributed by atoms with Crippen LogP contribution < -0.4 is 11.2 Å². The van der Waals surface area contributed by atoms with E-state index in [-0.39, 0.29) is 11.5 Å². The molecule has 0 bridgehead atoms. The van der Waals surface area contributed by atoms with Gasteiger partial charge in [-0.05, 0) is 118 Å². The van der Waals surface area contributed by atoms with Gasteiger partial charge >= 0.3 is 0 Å². The van der Waals surface area contributed by atoms with E-state index in [1.54, 1.807) is 0 Å². The third-order valence-electron chi connectivity index (χ3n) is 10.4. The van der Waals surface area contributed by atoms with Crippen molar-refractivity contribution in [2.45, 2.75) is 103 Å². The molecule has 4 rings (SSSR count). The number of rotatable bonds is 8. The lowest BCUT2D eigenvalue weighted by Gasteiger charge is -2.63. The molecule has 30 heavy (non-hydrogen) atoms. The molecule has 0 aromatic heterocycles. The zero-order valence-corrected chi connectivity index (χ0v) is 19.4. The van der Waals surface area contributed by atoms with E-state index < -0.39 is 5.60 Å². The molecule has 0 amide bonds. The Hall–Kier alpha value is -0.200. The fourth-order valence-electron chi connectivity index (χ4n) is 8.47. The summed E-state index contributed by atoms with van der Waals surface area (Å²) in [6.07, 6.45) is 12.9. The van der Waals surface area contributed by atoms with Crippen LogP contribution in [-0.2, 0) is 4.84 Å². The Morgan fingerprint density at radius 1 is 1.00 bits per heavy atom. The van der Waals surface area contributed by atoms with Crippen molar-refractivity contribution in [2.75, 3.05) is 19.7 Å². The van der Waals surface area contributed by atoms with Gasteiger partial charge in [-0.3, -0.25) is 0 Å². The van der Waals surface area contributed by atoms with E-state index in [1.165, 1.54) is 12.8 Å². The quantitative estimate of drug-likeness (QED) is 0.353. The van der Waals surface area contributed by atoms with Gasteiger partial charge in [-0.25, -0.2) is 5.48 Å². The second kappa shape index (κ2) is 8.97. The summed E-state index contributed by atoms with van der Waals surface area (Å²) in [5.41, 5.74) is 8.52. The van der Waals surface area contributed by atoms with E-state index in [9.17, 15) is 10.2 Å². The van der Waals surface area contributed by atoms with Crippen molar-refractivity contribution in [3.63, 3.8) is 0 Å². The average molecular weight is 423 g/mol. The Kier molecular flexibility index (Phi) is 6.87. The number of hydrogen-bond donors (Lipinski definition) is 4. The summed E-state index contributed by atoms with van der Waals surface area (Å²) >= 11 is 0. The molecule has 4 aliphatic rings. The van der Waals surface area contributed by atoms with Crippen LogP contribution in [0.1, 0.15) is 90.9 Å². The monoisotopic (exact) mass is 422 g/mol. The molecule has 4 aliphatic carbocycles. The zero-order valence-electron chi connectivity index (χ0n) is 19.4. The van der Waals surface area contributed by atoms with Crippen LogP contribution in [-0.4, -0.2) is 41.6 Å². The minimum Gasteiger partial charge on any atom is -0.393 e. The normalized spacial score (nSPS) is 48.1. The van der Waals surface area contributed by atoms with Gasteiger partial charge in [-0.2, -0.15) is 0 Å². The maximum absolute atomic E-state index is 12.2. The molecule has 4 fully saturated rings. The molecule has 5 nitrogen and oxygen atoms in total. The number of hydrogen-bond acceptors (Lipinski definition) is 5. The lowest BCUT2D eigenvalue weighted by Crippen LogP contribution is -2.62. The number of nitrogens with one attached hydrogen (secondary N) is 1. The van der Waals surface area contributed by atoms with Crippen LogP contribution in [0.15, 0.2) is 0 Å². The van der Waals surface area contributed by atoms with E-state index in [1.807, 2.05) is 0 Å². The Balaban J connectivity index is 1.38. The second-order valence-electron chi connectivity index (χ2n) is 11.6. The van der Waals surface area contributed by atoms with Gasteiger partial charge in [0.1, 0.15) is 0 Å². The molecule has 0 spiro atoms. The number of hydroxylamine groups is 1. The van der Waals surface area contributed by atoms with Gasteiger partial charge in [0.2, 0.25) is 0 Å². The van der Waals surface area contributed by atoms with Crippen LogP contribution in [0.25, 0.3) is 0 Å². The average Bonchev–Trinajstić information content (AvgIpc) is 2.99. The summed E-state index contributed by atoms with van der Waals surface area (Å²) in [4.78, 5) is 5.57. The molecular weight excluding hydrogens is 376 g/mol. The lowest BCUT2D eigenvalue weighted by molar-refractivity contribution is -0.210. The summed E-state index contributed by atoms with van der Waals surface area (Å²) < 4.78 is 0. The first-order valence-corrected chi connectivity index (χ1v) is 12.8. The van der Waals surface area contributed by atoms with Gasteiger partial charge in [0.25, 0.3) is 0 Å². The van der Waals surface area contributed by atoms with Crippen molar-refractivity contribution in [3.05, 3.63) is 0 Å². The van der Waals surface area contributed by atoms with Crippen molar-refractivity contribution in [2.24, 2.45) is 40.2 Å². The smallest absolute Gasteiger partial charge is 0.0734 e. The second-order valence-corrected chi connectivity index (χ2v) is 11.6. The molecule has 0 saturated heterocycles. The Bertz CT molecular complexity index is 589. The minimum atomic E-state index is -0.507. The van der Waals surface area contributed by atoms with Crippen LogP contribution in [0.3, 0.4) is 0 Å². The molecule has 0 unspecified atom stereocenters. The highest BCUT2D eigenvalue weighted by atomic mass is 16.6. The molecular formula is C25H46N2O3. The van der Waals surface area contributed by atoms with Crippen molar-refractivity contribution >= 4 is 0 Å².